The molecule has 2 amide bonds. The van der Waals surface area contributed by atoms with Gasteiger partial charge in [-0.25, -0.2) is 4.79 Å². The first-order chi connectivity index (χ1) is 25.4. The lowest BCUT2D eigenvalue weighted by atomic mass is 9.53. The summed E-state index contributed by atoms with van der Waals surface area (Å²) in [7, 11) is 0. The van der Waals surface area contributed by atoms with Gasteiger partial charge in [-0.05, 0) is 84.1 Å². The Morgan fingerprint density at radius 2 is 1.44 bits per heavy atom. The molecule has 9 nitrogen and oxygen atoms in total. The van der Waals surface area contributed by atoms with Crippen molar-refractivity contribution in [3.63, 3.8) is 0 Å². The minimum absolute atomic E-state index is 0.00562. The molecule has 3 aromatic carbocycles. The van der Waals surface area contributed by atoms with E-state index in [-0.39, 0.29) is 30.4 Å². The van der Waals surface area contributed by atoms with Gasteiger partial charge in [0.25, 0.3) is 0 Å². The largest absolute Gasteiger partial charge is 0.392 e. The number of carbonyl (C=O) groups is 1. The third kappa shape index (κ3) is 7.28. The monoisotopic (exact) mass is 707 g/mol. The summed E-state index contributed by atoms with van der Waals surface area (Å²) in [4.78, 5) is 15.7. The molecule has 0 unspecified atom stereocenters. The first-order valence-corrected chi connectivity index (χ1v) is 19.7. The molecule has 4 aliphatic carbocycles. The highest BCUT2D eigenvalue weighted by molar-refractivity contribution is 5.76. The number of hydrogen-bond donors (Lipinski definition) is 3. The van der Waals surface area contributed by atoms with Gasteiger partial charge in [0.1, 0.15) is 0 Å². The highest BCUT2D eigenvalue weighted by Gasteiger charge is 2.51. The van der Waals surface area contributed by atoms with E-state index in [1.54, 1.807) is 0 Å². The summed E-state index contributed by atoms with van der Waals surface area (Å²) in [5.74, 6) is 1.98. The van der Waals surface area contributed by atoms with E-state index in [1.165, 1.54) is 19.3 Å². The quantitative estimate of drug-likeness (QED) is 0.220. The summed E-state index contributed by atoms with van der Waals surface area (Å²) in [5, 5.41) is 16.3. The van der Waals surface area contributed by atoms with E-state index >= 15 is 0 Å². The molecule has 3 heterocycles. The van der Waals surface area contributed by atoms with Crippen LogP contribution in [0.2, 0.25) is 0 Å². The maximum Gasteiger partial charge on any atom is 0.315 e. The van der Waals surface area contributed by atoms with E-state index in [2.05, 4.69) is 70.1 Å². The molecule has 3 aliphatic heterocycles. The predicted octanol–water partition coefficient (Wildman–Crippen LogP) is 7.00. The van der Waals surface area contributed by atoms with Gasteiger partial charge in [-0.15, -0.1) is 0 Å². The summed E-state index contributed by atoms with van der Waals surface area (Å²) in [5.41, 5.74) is 6.22. The maximum absolute atomic E-state index is 13.3. The van der Waals surface area contributed by atoms with Crippen molar-refractivity contribution in [2.45, 2.75) is 101 Å². The second-order valence-corrected chi connectivity index (χ2v) is 16.5. The SMILES string of the molecule is O=C(NCc1ccccc1-c1ccc([C@@H]2O[C@H](CN3CCC4(CC3)OCCO4)C[C@H](c3ccc(CO)cc3)O2)cc1)NC12CC3CC(CC(C3)C1)C2. The van der Waals surface area contributed by atoms with Crippen molar-refractivity contribution in [2.24, 2.45) is 17.8 Å². The number of benzene rings is 3. The zero-order valence-corrected chi connectivity index (χ0v) is 30.1. The molecule has 7 aliphatic rings. The fourth-order valence-corrected chi connectivity index (χ4v) is 10.7. The lowest BCUT2D eigenvalue weighted by molar-refractivity contribution is -0.255. The normalized spacial score (nSPS) is 32.2. The Hall–Kier alpha value is -3.31. The second-order valence-electron chi connectivity index (χ2n) is 16.5. The van der Waals surface area contributed by atoms with Gasteiger partial charge in [0.15, 0.2) is 12.1 Å². The summed E-state index contributed by atoms with van der Waals surface area (Å²) in [6, 6.07) is 24.8. The van der Waals surface area contributed by atoms with Gasteiger partial charge in [0, 0.05) is 56.5 Å². The van der Waals surface area contributed by atoms with Crippen LogP contribution in [0.3, 0.4) is 0 Å². The average Bonchev–Trinajstić information content (AvgIpc) is 3.62. The number of piperidine rings is 1. The third-order valence-electron chi connectivity index (χ3n) is 12.9. The molecule has 7 fully saturated rings. The van der Waals surface area contributed by atoms with E-state index in [0.29, 0.717) is 19.8 Å². The van der Waals surface area contributed by atoms with Gasteiger partial charge in [-0.3, -0.25) is 0 Å². The third-order valence-corrected chi connectivity index (χ3v) is 12.9. The Morgan fingerprint density at radius 3 is 2.12 bits per heavy atom. The highest BCUT2D eigenvalue weighted by atomic mass is 16.7. The van der Waals surface area contributed by atoms with Crippen molar-refractivity contribution < 1.29 is 28.8 Å². The second kappa shape index (κ2) is 14.5. The summed E-state index contributed by atoms with van der Waals surface area (Å²) in [6.07, 6.45) is 9.34. The van der Waals surface area contributed by atoms with E-state index in [0.717, 1.165) is 109 Å². The summed E-state index contributed by atoms with van der Waals surface area (Å²) < 4.78 is 25.3. The number of hydrogen-bond acceptors (Lipinski definition) is 7. The first-order valence-electron chi connectivity index (χ1n) is 19.7. The molecule has 0 aromatic heterocycles. The van der Waals surface area contributed by atoms with E-state index < -0.39 is 12.1 Å². The number of likely N-dealkylation sites (tertiary alicyclic amines) is 1. The zero-order chi connectivity index (χ0) is 35.1. The van der Waals surface area contributed by atoms with Gasteiger partial charge in [0.2, 0.25) is 0 Å². The fourth-order valence-electron chi connectivity index (χ4n) is 10.7. The number of rotatable bonds is 9. The lowest BCUT2D eigenvalue weighted by Crippen LogP contribution is -2.61. The van der Waals surface area contributed by atoms with Crippen molar-refractivity contribution in [1.29, 1.82) is 0 Å². The number of amides is 2. The van der Waals surface area contributed by atoms with Crippen LogP contribution >= 0.6 is 0 Å². The molecule has 3 atom stereocenters. The Morgan fingerprint density at radius 1 is 0.788 bits per heavy atom. The van der Waals surface area contributed by atoms with Gasteiger partial charge in [-0.2, -0.15) is 0 Å². The fraction of sp³-hybridized carbons (Fsp3) is 0.558. The van der Waals surface area contributed by atoms with Crippen LogP contribution in [-0.2, 0) is 32.1 Å². The molecule has 1 spiro atoms. The van der Waals surface area contributed by atoms with Crippen molar-refractivity contribution in [3.05, 3.63) is 95.1 Å². The number of aliphatic hydroxyl groups excluding tert-OH is 1. The molecule has 9 heteroatoms. The number of nitrogens with one attached hydrogen (secondary N) is 2. The minimum atomic E-state index is -0.516. The smallest absolute Gasteiger partial charge is 0.315 e. The molecule has 0 radical (unpaired) electrons. The molecule has 10 rings (SSSR count). The number of nitrogens with zero attached hydrogens (tertiary/aromatic N) is 1. The van der Waals surface area contributed by atoms with Crippen LogP contribution in [0.1, 0.15) is 92.4 Å². The Labute approximate surface area is 307 Å². The highest BCUT2D eigenvalue weighted by Crippen LogP contribution is 2.55. The van der Waals surface area contributed by atoms with Crippen LogP contribution in [0.4, 0.5) is 4.79 Å². The van der Waals surface area contributed by atoms with Gasteiger partial charge >= 0.3 is 6.03 Å². The molecular formula is C43H53N3O6. The van der Waals surface area contributed by atoms with E-state index in [4.69, 9.17) is 18.9 Å². The molecular weight excluding hydrogens is 654 g/mol. The topological polar surface area (TPSA) is 102 Å². The zero-order valence-electron chi connectivity index (χ0n) is 30.1. The number of aliphatic hydroxyl groups is 1. The van der Waals surface area contributed by atoms with Crippen molar-refractivity contribution in [1.82, 2.24) is 15.5 Å². The molecule has 3 saturated heterocycles. The van der Waals surface area contributed by atoms with Crippen LogP contribution < -0.4 is 10.6 Å². The molecule has 52 heavy (non-hydrogen) atoms. The maximum atomic E-state index is 13.3. The number of urea groups is 1. The summed E-state index contributed by atoms with van der Waals surface area (Å²) >= 11 is 0. The molecule has 4 saturated carbocycles. The van der Waals surface area contributed by atoms with Crippen LogP contribution in [-0.4, -0.2) is 66.3 Å². The molecule has 3 N–H and O–H groups in total. The number of ether oxygens (including phenoxy) is 4. The first kappa shape index (κ1) is 34.5. The van der Waals surface area contributed by atoms with Gasteiger partial charge in [-0.1, -0.05) is 72.8 Å². The van der Waals surface area contributed by atoms with Crippen LogP contribution in [0.25, 0.3) is 11.1 Å². The predicted molar refractivity (Wildman–Crippen MR) is 197 cm³/mol. The molecule has 276 valence electrons. The Kier molecular flexibility index (Phi) is 9.60. The van der Waals surface area contributed by atoms with Gasteiger partial charge in [0.05, 0.1) is 32.0 Å². The van der Waals surface area contributed by atoms with E-state index in [1.807, 2.05) is 18.2 Å². The van der Waals surface area contributed by atoms with Crippen LogP contribution in [0.15, 0.2) is 72.8 Å². The van der Waals surface area contributed by atoms with Crippen LogP contribution in [0, 0.1) is 17.8 Å². The Balaban J connectivity index is 0.871. The van der Waals surface area contributed by atoms with Crippen LogP contribution in [0.5, 0.6) is 0 Å². The summed E-state index contributed by atoms with van der Waals surface area (Å²) in [6.45, 7) is 4.49. The standard InChI is InChI=1S/C43H53N3O6/c47-28-29-5-7-34(8-6-29)39-22-37(27-46-15-13-43(14-16-46)49-17-18-50-43)51-40(52-39)35-11-9-33(10-12-35)38-4-2-1-3-36(38)26-44-41(48)45-42-23-30-19-31(24-42)21-32(20-30)25-42/h1-12,30-32,37,39-40,47H,13-28H2,(H2,44,45,48)/t30?,31?,32?,37-,39+,40+,42?/m0/s1. The van der Waals surface area contributed by atoms with Gasteiger partial charge < -0.3 is 39.6 Å². The average molecular weight is 708 g/mol. The molecule has 3 aromatic rings. The minimum Gasteiger partial charge on any atom is -0.392 e. The molecule has 4 bridgehead atoms. The van der Waals surface area contributed by atoms with Crippen molar-refractivity contribution in [2.75, 3.05) is 32.8 Å². The number of carbonyl (C=O) groups excluding carboxylic acids is 1. The van der Waals surface area contributed by atoms with Crippen molar-refractivity contribution in [3.8, 4) is 11.1 Å². The van der Waals surface area contributed by atoms with Crippen molar-refractivity contribution >= 4 is 6.03 Å². The lowest BCUT2D eigenvalue weighted by Gasteiger charge is -2.56. The Bertz CT molecular complexity index is 1660. The van der Waals surface area contributed by atoms with E-state index in [9.17, 15) is 9.90 Å².